The van der Waals surface area contributed by atoms with Crippen molar-refractivity contribution >= 4 is 23.4 Å². The van der Waals surface area contributed by atoms with Crippen LogP contribution in [0.15, 0.2) is 6.20 Å². The van der Waals surface area contributed by atoms with Crippen LogP contribution in [-0.4, -0.2) is 42.3 Å². The van der Waals surface area contributed by atoms with Crippen LogP contribution in [0, 0.1) is 11.8 Å². The molecule has 0 amide bonds. The Morgan fingerprint density at radius 1 is 1.56 bits per heavy atom. The summed E-state index contributed by atoms with van der Waals surface area (Å²) in [4.78, 5) is 19.4. The molecule has 0 radical (unpaired) electrons. The van der Waals surface area contributed by atoms with Crippen LogP contribution in [0.3, 0.4) is 0 Å². The average molecular weight is 270 g/mol. The SMILES string of the molecule is COC(=O)c1cnc(Cl)nc1NC1[C@H]2COC[C@@H]12. The maximum atomic E-state index is 11.6. The molecule has 1 aromatic rings. The molecule has 1 N–H and O–H groups in total. The molecule has 2 fully saturated rings. The first kappa shape index (κ1) is 11.7. The van der Waals surface area contributed by atoms with Crippen LogP contribution in [0.1, 0.15) is 10.4 Å². The molecule has 0 bridgehead atoms. The van der Waals surface area contributed by atoms with Gasteiger partial charge in [0.25, 0.3) is 0 Å². The Labute approximate surface area is 109 Å². The fourth-order valence-corrected chi connectivity index (χ4v) is 2.47. The third-order valence-electron chi connectivity index (χ3n) is 3.42. The molecule has 0 aromatic carbocycles. The van der Waals surface area contributed by atoms with Gasteiger partial charge in [-0.2, -0.15) is 4.98 Å². The van der Waals surface area contributed by atoms with Crippen molar-refractivity contribution in [3.8, 4) is 0 Å². The van der Waals surface area contributed by atoms with Crippen LogP contribution < -0.4 is 5.32 Å². The fourth-order valence-electron chi connectivity index (χ4n) is 2.34. The Balaban J connectivity index is 1.81. The van der Waals surface area contributed by atoms with E-state index < -0.39 is 5.97 Å². The fraction of sp³-hybridized carbons (Fsp3) is 0.545. The van der Waals surface area contributed by atoms with Crippen molar-refractivity contribution in [2.45, 2.75) is 6.04 Å². The predicted molar refractivity (Wildman–Crippen MR) is 63.6 cm³/mol. The quantitative estimate of drug-likeness (QED) is 0.651. The van der Waals surface area contributed by atoms with E-state index in [9.17, 15) is 4.79 Å². The Morgan fingerprint density at radius 3 is 2.94 bits per heavy atom. The number of rotatable bonds is 3. The summed E-state index contributed by atoms with van der Waals surface area (Å²) in [6.07, 6.45) is 1.37. The lowest BCUT2D eigenvalue weighted by Gasteiger charge is -2.11. The molecule has 7 heteroatoms. The molecular formula is C11H12ClN3O3. The summed E-state index contributed by atoms with van der Waals surface area (Å²) >= 11 is 5.75. The van der Waals surface area contributed by atoms with Crippen LogP contribution >= 0.6 is 11.6 Å². The zero-order chi connectivity index (χ0) is 12.7. The molecule has 1 saturated heterocycles. The van der Waals surface area contributed by atoms with Crippen LogP contribution in [0.25, 0.3) is 0 Å². The number of esters is 1. The highest BCUT2D eigenvalue weighted by atomic mass is 35.5. The van der Waals surface area contributed by atoms with Crippen molar-refractivity contribution < 1.29 is 14.3 Å². The summed E-state index contributed by atoms with van der Waals surface area (Å²) in [6, 6.07) is 0.299. The lowest BCUT2D eigenvalue weighted by Crippen LogP contribution is -2.17. The first-order chi connectivity index (χ1) is 8.70. The summed E-state index contributed by atoms with van der Waals surface area (Å²) in [5.41, 5.74) is 0.299. The molecular weight excluding hydrogens is 258 g/mol. The number of fused-ring (bicyclic) bond motifs is 1. The van der Waals surface area contributed by atoms with E-state index in [2.05, 4.69) is 20.0 Å². The van der Waals surface area contributed by atoms with Crippen molar-refractivity contribution in [3.05, 3.63) is 17.0 Å². The molecule has 1 aromatic heterocycles. The second-order valence-electron chi connectivity index (χ2n) is 4.43. The van der Waals surface area contributed by atoms with E-state index in [1.54, 1.807) is 0 Å². The smallest absolute Gasteiger partial charge is 0.343 e. The Hall–Kier alpha value is -1.40. The predicted octanol–water partition coefficient (Wildman–Crippen LogP) is 0.973. The number of nitrogens with one attached hydrogen (secondary N) is 1. The molecule has 6 nitrogen and oxygen atoms in total. The standard InChI is InChI=1S/C11H12ClN3O3/c1-17-10(16)5-2-13-11(12)15-9(5)14-8-6-3-18-4-7(6)8/h2,6-8H,3-4H2,1H3,(H,13,14,15)/t6-,7+,8?. The third-order valence-corrected chi connectivity index (χ3v) is 3.60. The minimum absolute atomic E-state index is 0.104. The molecule has 1 saturated carbocycles. The zero-order valence-electron chi connectivity index (χ0n) is 9.72. The summed E-state index contributed by atoms with van der Waals surface area (Å²) < 4.78 is 9.99. The average Bonchev–Trinajstić information content (AvgIpc) is 2.81. The summed E-state index contributed by atoms with van der Waals surface area (Å²) in [5, 5.41) is 3.33. The maximum absolute atomic E-state index is 11.6. The molecule has 1 aliphatic heterocycles. The van der Waals surface area contributed by atoms with Crippen molar-refractivity contribution in [1.29, 1.82) is 0 Å². The molecule has 18 heavy (non-hydrogen) atoms. The summed E-state index contributed by atoms with van der Waals surface area (Å²) in [7, 11) is 1.32. The van der Waals surface area contributed by atoms with Gasteiger partial charge in [0.2, 0.25) is 5.28 Å². The first-order valence-electron chi connectivity index (χ1n) is 5.66. The normalized spacial score (nSPS) is 28.7. The Kier molecular flexibility index (Phi) is 2.83. The molecule has 3 atom stereocenters. The monoisotopic (exact) mass is 269 g/mol. The molecule has 0 spiro atoms. The Bertz CT molecular complexity index is 486. The van der Waals surface area contributed by atoms with Crippen LogP contribution in [0.5, 0.6) is 0 Å². The number of hydrogen-bond acceptors (Lipinski definition) is 6. The van der Waals surface area contributed by atoms with Gasteiger partial charge in [-0.3, -0.25) is 0 Å². The van der Waals surface area contributed by atoms with E-state index in [4.69, 9.17) is 16.3 Å². The number of nitrogens with zero attached hydrogens (tertiary/aromatic N) is 2. The number of ether oxygens (including phenoxy) is 2. The lowest BCUT2D eigenvalue weighted by molar-refractivity contribution is 0.0601. The minimum atomic E-state index is -0.476. The lowest BCUT2D eigenvalue weighted by atomic mass is 10.3. The number of hydrogen-bond donors (Lipinski definition) is 1. The minimum Gasteiger partial charge on any atom is -0.465 e. The van der Waals surface area contributed by atoms with Gasteiger partial charge in [-0.05, 0) is 11.6 Å². The summed E-state index contributed by atoms with van der Waals surface area (Å²) in [5.74, 6) is 0.964. The highest BCUT2D eigenvalue weighted by molar-refractivity contribution is 6.28. The van der Waals surface area contributed by atoms with E-state index in [-0.39, 0.29) is 5.28 Å². The number of aromatic nitrogens is 2. The molecule has 1 unspecified atom stereocenters. The van der Waals surface area contributed by atoms with E-state index >= 15 is 0 Å². The van der Waals surface area contributed by atoms with Gasteiger partial charge in [-0.15, -0.1) is 0 Å². The topological polar surface area (TPSA) is 73.3 Å². The van der Waals surface area contributed by atoms with Gasteiger partial charge >= 0.3 is 5.97 Å². The Morgan fingerprint density at radius 2 is 2.28 bits per heavy atom. The van der Waals surface area contributed by atoms with Crippen molar-refractivity contribution in [2.75, 3.05) is 25.6 Å². The van der Waals surface area contributed by atoms with Crippen LogP contribution in [-0.2, 0) is 9.47 Å². The van der Waals surface area contributed by atoms with Gasteiger partial charge in [-0.1, -0.05) is 0 Å². The van der Waals surface area contributed by atoms with Crippen LogP contribution in [0.4, 0.5) is 5.82 Å². The number of halogens is 1. The highest BCUT2D eigenvalue weighted by Crippen LogP contribution is 2.46. The maximum Gasteiger partial charge on any atom is 0.343 e. The summed E-state index contributed by atoms with van der Waals surface area (Å²) in [6.45, 7) is 1.52. The van der Waals surface area contributed by atoms with Gasteiger partial charge < -0.3 is 14.8 Å². The zero-order valence-corrected chi connectivity index (χ0v) is 10.5. The van der Waals surface area contributed by atoms with Crippen molar-refractivity contribution in [2.24, 2.45) is 11.8 Å². The molecule has 96 valence electrons. The largest absolute Gasteiger partial charge is 0.465 e. The number of carbonyl (C=O) groups excluding carboxylic acids is 1. The van der Waals surface area contributed by atoms with E-state index in [1.807, 2.05) is 0 Å². The van der Waals surface area contributed by atoms with E-state index in [0.29, 0.717) is 29.3 Å². The first-order valence-corrected chi connectivity index (χ1v) is 6.03. The molecule has 1 aliphatic carbocycles. The number of methoxy groups -OCH3 is 1. The van der Waals surface area contributed by atoms with Gasteiger partial charge in [0.15, 0.2) is 0 Å². The second-order valence-corrected chi connectivity index (χ2v) is 4.77. The van der Waals surface area contributed by atoms with Gasteiger partial charge in [-0.25, -0.2) is 9.78 Å². The van der Waals surface area contributed by atoms with Crippen LogP contribution in [0.2, 0.25) is 5.28 Å². The number of anilines is 1. The molecule has 2 aliphatic rings. The number of carbonyl (C=O) groups is 1. The van der Waals surface area contributed by atoms with Crippen molar-refractivity contribution in [3.63, 3.8) is 0 Å². The van der Waals surface area contributed by atoms with E-state index in [0.717, 1.165) is 13.2 Å². The second kappa shape index (κ2) is 4.37. The third kappa shape index (κ3) is 1.91. The van der Waals surface area contributed by atoms with Gasteiger partial charge in [0.1, 0.15) is 11.4 Å². The molecule has 3 rings (SSSR count). The van der Waals surface area contributed by atoms with Gasteiger partial charge in [0.05, 0.1) is 20.3 Å². The molecule has 2 heterocycles. The van der Waals surface area contributed by atoms with E-state index in [1.165, 1.54) is 13.3 Å². The highest BCUT2D eigenvalue weighted by Gasteiger charge is 2.54. The van der Waals surface area contributed by atoms with Crippen molar-refractivity contribution in [1.82, 2.24) is 9.97 Å². The van der Waals surface area contributed by atoms with Gasteiger partial charge in [0, 0.05) is 24.1 Å².